The maximum absolute atomic E-state index is 14.3. The van der Waals surface area contributed by atoms with Crippen LogP contribution in [0.5, 0.6) is 17.2 Å². The number of aliphatic hydroxyl groups excluding tert-OH is 1. The number of benzene rings is 2. The summed E-state index contributed by atoms with van der Waals surface area (Å²) in [5, 5.41) is 16.9. The first-order chi connectivity index (χ1) is 15.6. The fourth-order valence-corrected chi connectivity index (χ4v) is 2.81. The molecule has 0 saturated heterocycles. The smallest absolute Gasteiger partial charge is 0.412 e. The van der Waals surface area contributed by atoms with Gasteiger partial charge >= 0.3 is 6.09 Å². The molecule has 166 valence electrons. The van der Waals surface area contributed by atoms with Crippen molar-refractivity contribution in [1.29, 1.82) is 0 Å². The molecular formula is C21H20FN5O5. The standard InChI is InChI=1S/C21H20FN5O5/c22-16-12-24-20(26-13-1-4-15(5-2-13)32-21(29)23-7-8-28)27-19(16)25-14-3-6-17-18(11-14)31-10-9-30-17/h1-6,11-12,28H,7-10H2,(H,23,29)(H2,24,25,26,27). The van der Waals surface area contributed by atoms with Crippen molar-refractivity contribution in [3.63, 3.8) is 0 Å². The number of carbonyl (C=O) groups excluding carboxylic acids is 1. The van der Waals surface area contributed by atoms with Crippen LogP contribution in [-0.4, -0.2) is 47.5 Å². The number of nitrogens with zero attached hydrogens (tertiary/aromatic N) is 2. The first kappa shape index (κ1) is 21.1. The summed E-state index contributed by atoms with van der Waals surface area (Å²) in [6, 6.07) is 11.6. The number of rotatable bonds is 7. The molecule has 0 unspecified atom stereocenters. The number of halogens is 1. The molecule has 11 heteroatoms. The van der Waals surface area contributed by atoms with Gasteiger partial charge in [-0.1, -0.05) is 0 Å². The Bertz CT molecular complexity index is 1100. The van der Waals surface area contributed by atoms with E-state index >= 15 is 0 Å². The van der Waals surface area contributed by atoms with Crippen LogP contribution in [0.2, 0.25) is 0 Å². The summed E-state index contributed by atoms with van der Waals surface area (Å²) < 4.78 is 30.3. The second kappa shape index (κ2) is 9.79. The maximum atomic E-state index is 14.3. The Balaban J connectivity index is 1.42. The van der Waals surface area contributed by atoms with Crippen molar-refractivity contribution in [3.05, 3.63) is 54.5 Å². The SMILES string of the molecule is O=C(NCCO)Oc1ccc(Nc2ncc(F)c(Nc3ccc4c(c3)OCCO4)n2)cc1. The zero-order valence-electron chi connectivity index (χ0n) is 16.8. The largest absolute Gasteiger partial charge is 0.486 e. The van der Waals surface area contributed by atoms with Crippen LogP contribution in [0.1, 0.15) is 0 Å². The molecule has 4 N–H and O–H groups in total. The molecule has 0 fully saturated rings. The van der Waals surface area contributed by atoms with E-state index in [0.29, 0.717) is 41.8 Å². The van der Waals surface area contributed by atoms with Gasteiger partial charge in [0.1, 0.15) is 19.0 Å². The average molecular weight is 441 g/mol. The predicted octanol–water partition coefficient (Wildman–Crippen LogP) is 2.95. The fourth-order valence-electron chi connectivity index (χ4n) is 2.81. The van der Waals surface area contributed by atoms with Crippen molar-refractivity contribution in [2.45, 2.75) is 0 Å². The van der Waals surface area contributed by atoms with Gasteiger partial charge < -0.3 is 35.3 Å². The van der Waals surface area contributed by atoms with Crippen molar-refractivity contribution < 1.29 is 28.5 Å². The van der Waals surface area contributed by atoms with Crippen LogP contribution in [0, 0.1) is 5.82 Å². The molecule has 0 spiro atoms. The summed E-state index contributed by atoms with van der Waals surface area (Å²) >= 11 is 0. The Hall–Kier alpha value is -4.12. The molecule has 1 amide bonds. The van der Waals surface area contributed by atoms with Gasteiger partial charge in [-0.3, -0.25) is 0 Å². The van der Waals surface area contributed by atoms with Gasteiger partial charge in [0.2, 0.25) is 5.95 Å². The molecule has 4 rings (SSSR count). The molecule has 32 heavy (non-hydrogen) atoms. The lowest BCUT2D eigenvalue weighted by Gasteiger charge is -2.19. The third-order valence-corrected chi connectivity index (χ3v) is 4.25. The van der Waals surface area contributed by atoms with E-state index in [1.807, 2.05) is 0 Å². The molecule has 1 aromatic heterocycles. The van der Waals surface area contributed by atoms with Gasteiger partial charge in [0.05, 0.1) is 12.8 Å². The van der Waals surface area contributed by atoms with E-state index in [9.17, 15) is 9.18 Å². The highest BCUT2D eigenvalue weighted by atomic mass is 19.1. The van der Waals surface area contributed by atoms with E-state index < -0.39 is 11.9 Å². The van der Waals surface area contributed by atoms with E-state index in [4.69, 9.17) is 19.3 Å². The zero-order chi connectivity index (χ0) is 22.3. The normalized spacial score (nSPS) is 12.1. The number of carbonyl (C=O) groups is 1. The average Bonchev–Trinajstić information content (AvgIpc) is 2.81. The molecule has 10 nitrogen and oxygen atoms in total. The molecule has 2 aromatic carbocycles. The monoisotopic (exact) mass is 441 g/mol. The number of anilines is 4. The van der Waals surface area contributed by atoms with Crippen LogP contribution in [0.25, 0.3) is 0 Å². The van der Waals surface area contributed by atoms with Gasteiger partial charge in [0.15, 0.2) is 23.1 Å². The lowest BCUT2D eigenvalue weighted by atomic mass is 10.2. The highest BCUT2D eigenvalue weighted by Gasteiger charge is 2.14. The summed E-state index contributed by atoms with van der Waals surface area (Å²) in [6.45, 7) is 0.854. The summed E-state index contributed by atoms with van der Waals surface area (Å²) in [5.41, 5.74) is 1.18. The molecule has 0 saturated carbocycles. The van der Waals surface area contributed by atoms with Crippen molar-refractivity contribution in [3.8, 4) is 17.2 Å². The van der Waals surface area contributed by atoms with Gasteiger partial charge in [-0.2, -0.15) is 4.98 Å². The number of ether oxygens (including phenoxy) is 3. The van der Waals surface area contributed by atoms with Gasteiger partial charge in [-0.05, 0) is 36.4 Å². The molecule has 1 aliphatic heterocycles. The van der Waals surface area contributed by atoms with E-state index in [1.165, 1.54) is 0 Å². The third kappa shape index (κ3) is 5.32. The van der Waals surface area contributed by atoms with Crippen LogP contribution < -0.4 is 30.2 Å². The minimum absolute atomic E-state index is 0.0142. The Kier molecular flexibility index (Phi) is 6.46. The Labute approximate surface area is 182 Å². The summed E-state index contributed by atoms with van der Waals surface area (Å²) in [4.78, 5) is 19.6. The molecule has 2 heterocycles. The van der Waals surface area contributed by atoms with Gasteiger partial charge in [-0.15, -0.1) is 0 Å². The van der Waals surface area contributed by atoms with Crippen LogP contribution in [0.4, 0.5) is 32.3 Å². The van der Waals surface area contributed by atoms with E-state index in [-0.39, 0.29) is 24.9 Å². The van der Waals surface area contributed by atoms with E-state index in [0.717, 1.165) is 6.20 Å². The van der Waals surface area contributed by atoms with Crippen LogP contribution in [0.3, 0.4) is 0 Å². The zero-order valence-corrected chi connectivity index (χ0v) is 16.8. The number of nitrogens with one attached hydrogen (secondary N) is 3. The molecule has 1 aliphatic rings. The first-order valence-electron chi connectivity index (χ1n) is 9.73. The molecule has 0 aliphatic carbocycles. The van der Waals surface area contributed by atoms with Crippen molar-refractivity contribution in [2.24, 2.45) is 0 Å². The summed E-state index contributed by atoms with van der Waals surface area (Å²) in [5.74, 6) is 1.04. The van der Waals surface area contributed by atoms with Crippen molar-refractivity contribution in [1.82, 2.24) is 15.3 Å². The topological polar surface area (TPSA) is 127 Å². The minimum Gasteiger partial charge on any atom is -0.486 e. The second-order valence-electron chi connectivity index (χ2n) is 6.56. The van der Waals surface area contributed by atoms with Crippen molar-refractivity contribution in [2.75, 3.05) is 37.0 Å². The number of aliphatic hydroxyl groups is 1. The van der Waals surface area contributed by atoms with Crippen LogP contribution in [0.15, 0.2) is 48.7 Å². The highest BCUT2D eigenvalue weighted by Crippen LogP contribution is 2.33. The van der Waals surface area contributed by atoms with Gasteiger partial charge in [0, 0.05) is 24.0 Å². The first-order valence-corrected chi connectivity index (χ1v) is 9.73. The van der Waals surface area contributed by atoms with Crippen molar-refractivity contribution >= 4 is 29.2 Å². The maximum Gasteiger partial charge on any atom is 0.412 e. The summed E-state index contributed by atoms with van der Waals surface area (Å²) in [7, 11) is 0. The van der Waals surface area contributed by atoms with Crippen LogP contribution >= 0.6 is 0 Å². The Morgan fingerprint density at radius 1 is 1.06 bits per heavy atom. The number of aromatic nitrogens is 2. The Morgan fingerprint density at radius 3 is 2.59 bits per heavy atom. The number of hydrogen-bond donors (Lipinski definition) is 4. The summed E-state index contributed by atoms with van der Waals surface area (Å²) in [6.07, 6.45) is 0.384. The van der Waals surface area contributed by atoms with Gasteiger partial charge in [0.25, 0.3) is 0 Å². The van der Waals surface area contributed by atoms with Gasteiger partial charge in [-0.25, -0.2) is 14.2 Å². The third-order valence-electron chi connectivity index (χ3n) is 4.25. The molecule has 0 bridgehead atoms. The van der Waals surface area contributed by atoms with E-state index in [1.54, 1.807) is 42.5 Å². The molecular weight excluding hydrogens is 421 g/mol. The molecule has 0 atom stereocenters. The number of fused-ring (bicyclic) bond motifs is 1. The molecule has 0 radical (unpaired) electrons. The fraction of sp³-hybridized carbons (Fsp3) is 0.190. The lowest BCUT2D eigenvalue weighted by molar-refractivity contribution is 0.171. The minimum atomic E-state index is -0.670. The predicted molar refractivity (Wildman–Crippen MR) is 114 cm³/mol. The molecule has 3 aromatic rings. The highest BCUT2D eigenvalue weighted by molar-refractivity contribution is 5.70. The second-order valence-corrected chi connectivity index (χ2v) is 6.56. The van der Waals surface area contributed by atoms with E-state index in [2.05, 4.69) is 25.9 Å². The quantitative estimate of drug-likeness (QED) is 0.438. The number of hydrogen-bond acceptors (Lipinski definition) is 9. The Morgan fingerprint density at radius 2 is 1.81 bits per heavy atom. The lowest BCUT2D eigenvalue weighted by Crippen LogP contribution is -2.29. The van der Waals surface area contributed by atoms with Crippen LogP contribution in [-0.2, 0) is 0 Å². The number of amides is 1.